The summed E-state index contributed by atoms with van der Waals surface area (Å²) in [4.78, 5) is 3.60. The lowest BCUT2D eigenvalue weighted by molar-refractivity contribution is -0.287. The predicted octanol–water partition coefficient (Wildman–Crippen LogP) is 4.01. The molecule has 0 fully saturated rings. The van der Waals surface area contributed by atoms with Crippen molar-refractivity contribution in [2.24, 2.45) is 0 Å². The summed E-state index contributed by atoms with van der Waals surface area (Å²) in [5.74, 6) is -1.71. The molecule has 0 amide bonds. The van der Waals surface area contributed by atoms with E-state index in [0.29, 0.717) is 0 Å². The van der Waals surface area contributed by atoms with Crippen LogP contribution in [-0.2, 0) is 12.7 Å². The summed E-state index contributed by atoms with van der Waals surface area (Å²) in [6.45, 7) is -0.391. The molecule has 0 aliphatic carbocycles. The van der Waals surface area contributed by atoms with E-state index < -0.39 is 24.8 Å². The van der Waals surface area contributed by atoms with Crippen molar-refractivity contribution in [1.82, 2.24) is 9.55 Å². The Bertz CT molecular complexity index is 1010. The maximum atomic E-state index is 13.4. The molecule has 0 unspecified atom stereocenters. The van der Waals surface area contributed by atoms with Crippen LogP contribution in [0.15, 0.2) is 36.4 Å². The third kappa shape index (κ3) is 2.67. The van der Waals surface area contributed by atoms with Gasteiger partial charge in [0.15, 0.2) is 11.5 Å². The number of imidazole rings is 1. The van der Waals surface area contributed by atoms with Crippen LogP contribution in [0.4, 0.5) is 27.6 Å². The Hall–Kier alpha value is -3.04. The zero-order valence-electron chi connectivity index (χ0n) is 12.8. The smallest absolute Gasteiger partial charge is 0.399 e. The van der Waals surface area contributed by atoms with Crippen LogP contribution in [0, 0.1) is 0 Å². The molecule has 4 rings (SSSR count). The number of nitrogen functional groups attached to an aromatic ring is 1. The predicted molar refractivity (Wildman–Crippen MR) is 80.9 cm³/mol. The van der Waals surface area contributed by atoms with Gasteiger partial charge >= 0.3 is 12.5 Å². The Morgan fingerprint density at radius 1 is 1.12 bits per heavy atom. The number of halogens is 5. The van der Waals surface area contributed by atoms with Crippen molar-refractivity contribution >= 4 is 16.7 Å². The summed E-state index contributed by atoms with van der Waals surface area (Å²) < 4.78 is 76.5. The first-order valence-electron chi connectivity index (χ1n) is 7.35. The fourth-order valence-corrected chi connectivity index (χ4v) is 2.84. The number of rotatable bonds is 2. The highest BCUT2D eigenvalue weighted by molar-refractivity contribution is 5.80. The standard InChI is InChI=1S/C16H10F5N3O2/c17-15(18,19)14-23-10-6-9(22)4-5-11(10)24(14)7-8-2-1-3-12-13(8)26-16(20,21)25-12/h1-6H,7,22H2. The summed E-state index contributed by atoms with van der Waals surface area (Å²) in [6, 6.07) is 8.16. The van der Waals surface area contributed by atoms with E-state index >= 15 is 0 Å². The van der Waals surface area contributed by atoms with Crippen molar-refractivity contribution in [2.75, 3.05) is 5.73 Å². The number of alkyl halides is 5. The number of hydrogen-bond donors (Lipinski definition) is 1. The maximum Gasteiger partial charge on any atom is 0.586 e. The fourth-order valence-electron chi connectivity index (χ4n) is 2.84. The number of fused-ring (bicyclic) bond motifs is 2. The van der Waals surface area contributed by atoms with Crippen LogP contribution < -0.4 is 15.2 Å². The molecule has 0 radical (unpaired) electrons. The number of hydrogen-bond acceptors (Lipinski definition) is 4. The molecule has 10 heteroatoms. The molecule has 0 bridgehead atoms. The van der Waals surface area contributed by atoms with Gasteiger partial charge in [0.05, 0.1) is 17.6 Å². The SMILES string of the molecule is Nc1ccc2c(c1)nc(C(F)(F)F)n2Cc1cccc2c1OC(F)(F)O2. The molecule has 26 heavy (non-hydrogen) atoms. The molecule has 2 aromatic carbocycles. The van der Waals surface area contributed by atoms with Crippen LogP contribution in [0.25, 0.3) is 11.0 Å². The van der Waals surface area contributed by atoms with Gasteiger partial charge in [0.2, 0.25) is 5.82 Å². The van der Waals surface area contributed by atoms with Crippen LogP contribution in [0.2, 0.25) is 0 Å². The monoisotopic (exact) mass is 371 g/mol. The molecule has 1 aliphatic rings. The zero-order chi connectivity index (χ0) is 18.7. The molecule has 2 N–H and O–H groups in total. The average Bonchev–Trinajstić information content (AvgIpc) is 3.03. The normalized spacial score (nSPS) is 15.6. The second-order valence-electron chi connectivity index (χ2n) is 5.68. The van der Waals surface area contributed by atoms with E-state index in [1.165, 1.54) is 36.4 Å². The number of aromatic nitrogens is 2. The number of nitrogens with two attached hydrogens (primary N) is 1. The molecular formula is C16H10F5N3O2. The molecule has 0 spiro atoms. The van der Waals surface area contributed by atoms with Gasteiger partial charge in [-0.3, -0.25) is 0 Å². The van der Waals surface area contributed by atoms with Crippen molar-refractivity contribution in [1.29, 1.82) is 0 Å². The number of nitrogens with zero attached hydrogens (tertiary/aromatic N) is 2. The molecule has 0 saturated carbocycles. The van der Waals surface area contributed by atoms with Gasteiger partial charge < -0.3 is 19.8 Å². The van der Waals surface area contributed by atoms with E-state index in [4.69, 9.17) is 5.73 Å². The Morgan fingerprint density at radius 3 is 2.62 bits per heavy atom. The average molecular weight is 371 g/mol. The number of benzene rings is 2. The lowest BCUT2D eigenvalue weighted by Crippen LogP contribution is -2.26. The lowest BCUT2D eigenvalue weighted by Gasteiger charge is -2.13. The number of para-hydroxylation sites is 1. The van der Waals surface area contributed by atoms with Gasteiger partial charge in [-0.2, -0.15) is 13.2 Å². The molecule has 3 aromatic rings. The fraction of sp³-hybridized carbons (Fsp3) is 0.188. The summed E-state index contributed by atoms with van der Waals surface area (Å²) >= 11 is 0. The van der Waals surface area contributed by atoms with Gasteiger partial charge in [-0.05, 0) is 24.3 Å². The van der Waals surface area contributed by atoms with Crippen LogP contribution in [0.1, 0.15) is 11.4 Å². The molecule has 136 valence electrons. The van der Waals surface area contributed by atoms with Gasteiger partial charge in [0, 0.05) is 11.3 Å². The molecule has 2 heterocycles. The van der Waals surface area contributed by atoms with E-state index in [0.717, 1.165) is 4.57 Å². The van der Waals surface area contributed by atoms with E-state index in [1.54, 1.807) is 0 Å². The molecule has 1 aromatic heterocycles. The first kappa shape index (κ1) is 16.4. The van der Waals surface area contributed by atoms with Crippen LogP contribution >= 0.6 is 0 Å². The first-order valence-corrected chi connectivity index (χ1v) is 7.35. The minimum absolute atomic E-state index is 0.0485. The summed E-state index contributed by atoms with van der Waals surface area (Å²) in [5, 5.41) is 0. The third-order valence-corrected chi connectivity index (χ3v) is 3.86. The molecular weight excluding hydrogens is 361 g/mol. The summed E-state index contributed by atoms with van der Waals surface area (Å²) in [5.41, 5.74) is 6.16. The molecule has 1 aliphatic heterocycles. The topological polar surface area (TPSA) is 62.3 Å². The maximum absolute atomic E-state index is 13.4. The minimum atomic E-state index is -4.74. The largest absolute Gasteiger partial charge is 0.586 e. The van der Waals surface area contributed by atoms with E-state index in [-0.39, 0.29) is 33.8 Å². The van der Waals surface area contributed by atoms with Gasteiger partial charge in [-0.15, -0.1) is 8.78 Å². The molecule has 5 nitrogen and oxygen atoms in total. The van der Waals surface area contributed by atoms with Crippen LogP contribution in [0.5, 0.6) is 11.5 Å². The van der Waals surface area contributed by atoms with Crippen molar-refractivity contribution in [3.05, 3.63) is 47.8 Å². The van der Waals surface area contributed by atoms with Crippen molar-refractivity contribution in [2.45, 2.75) is 19.0 Å². The second-order valence-corrected chi connectivity index (χ2v) is 5.68. The minimum Gasteiger partial charge on any atom is -0.399 e. The Kier molecular flexibility index (Phi) is 3.30. The second kappa shape index (κ2) is 5.23. The number of anilines is 1. The first-order chi connectivity index (χ1) is 12.1. The molecule has 0 saturated heterocycles. The summed E-state index contributed by atoms with van der Waals surface area (Å²) in [6.07, 6.45) is -8.61. The van der Waals surface area contributed by atoms with Gasteiger partial charge in [0.25, 0.3) is 0 Å². The van der Waals surface area contributed by atoms with Gasteiger partial charge in [-0.1, -0.05) is 12.1 Å². The highest BCUT2D eigenvalue weighted by Crippen LogP contribution is 2.44. The van der Waals surface area contributed by atoms with Crippen molar-refractivity contribution in [3.63, 3.8) is 0 Å². The highest BCUT2D eigenvalue weighted by atomic mass is 19.4. The summed E-state index contributed by atoms with van der Waals surface area (Å²) in [7, 11) is 0. The Morgan fingerprint density at radius 2 is 1.88 bits per heavy atom. The van der Waals surface area contributed by atoms with Crippen molar-refractivity contribution < 1.29 is 31.4 Å². The van der Waals surface area contributed by atoms with E-state index in [9.17, 15) is 22.0 Å². The number of ether oxygens (including phenoxy) is 2. The van der Waals surface area contributed by atoms with Gasteiger partial charge in [0.1, 0.15) is 0 Å². The Balaban J connectivity index is 1.86. The third-order valence-electron chi connectivity index (χ3n) is 3.86. The highest BCUT2D eigenvalue weighted by Gasteiger charge is 2.45. The molecule has 0 atom stereocenters. The van der Waals surface area contributed by atoms with E-state index in [2.05, 4.69) is 14.5 Å². The van der Waals surface area contributed by atoms with Crippen molar-refractivity contribution in [3.8, 4) is 11.5 Å². The van der Waals surface area contributed by atoms with Gasteiger partial charge in [-0.25, -0.2) is 4.98 Å². The van der Waals surface area contributed by atoms with Crippen LogP contribution in [0.3, 0.4) is 0 Å². The Labute approximate surface area is 142 Å². The van der Waals surface area contributed by atoms with E-state index in [1.807, 2.05) is 0 Å². The lowest BCUT2D eigenvalue weighted by atomic mass is 10.1. The quantitative estimate of drug-likeness (QED) is 0.546. The zero-order valence-corrected chi connectivity index (χ0v) is 12.8. The van der Waals surface area contributed by atoms with Crippen LogP contribution in [-0.4, -0.2) is 15.8 Å².